The van der Waals surface area contributed by atoms with Crippen molar-refractivity contribution in [2.75, 3.05) is 24.2 Å². The third-order valence-corrected chi connectivity index (χ3v) is 7.28. The van der Waals surface area contributed by atoms with Crippen LogP contribution in [0.4, 0.5) is 20.6 Å². The predicted octanol–water partition coefficient (Wildman–Crippen LogP) is 6.65. The zero-order chi connectivity index (χ0) is 30.1. The van der Waals surface area contributed by atoms with E-state index in [1.165, 1.54) is 23.3 Å². The van der Waals surface area contributed by atoms with Gasteiger partial charge in [-0.1, -0.05) is 12.1 Å². The number of hydrogen-bond acceptors (Lipinski definition) is 6. The predicted molar refractivity (Wildman–Crippen MR) is 164 cm³/mol. The van der Waals surface area contributed by atoms with Crippen molar-refractivity contribution in [2.24, 2.45) is 0 Å². The first-order valence-corrected chi connectivity index (χ1v) is 14.0. The highest BCUT2D eigenvalue weighted by Gasteiger charge is 2.22. The Hall–Kier alpha value is -5.03. The first-order valence-electron chi connectivity index (χ1n) is 14.0. The lowest BCUT2D eigenvalue weighted by Gasteiger charge is -2.25. The maximum absolute atomic E-state index is 15.1. The van der Waals surface area contributed by atoms with E-state index in [4.69, 9.17) is 9.84 Å². The molecule has 1 aliphatic heterocycles. The van der Waals surface area contributed by atoms with Gasteiger partial charge in [-0.3, -0.25) is 14.8 Å². The Morgan fingerprint density at radius 3 is 2.58 bits per heavy atom. The topological polar surface area (TPSA) is 113 Å². The summed E-state index contributed by atoms with van der Waals surface area (Å²) in [5.41, 5.74) is 5.84. The molecule has 4 heterocycles. The van der Waals surface area contributed by atoms with Crippen LogP contribution in [0.3, 0.4) is 0 Å². The van der Waals surface area contributed by atoms with Crippen LogP contribution >= 0.6 is 0 Å². The van der Waals surface area contributed by atoms with Gasteiger partial charge in [-0.2, -0.15) is 10.2 Å². The van der Waals surface area contributed by atoms with Gasteiger partial charge in [-0.15, -0.1) is 0 Å². The number of carbonyl (C=O) groups excluding carboxylic acids is 1. The smallest absolute Gasteiger partial charge is 0.323 e. The van der Waals surface area contributed by atoms with Crippen LogP contribution in [0.5, 0.6) is 11.5 Å². The number of fused-ring (bicyclic) bond motifs is 1. The third kappa shape index (κ3) is 6.26. The molecular formula is C32H33FN8O2. The number of likely N-dealkylation sites (N-methyl/N-ethyl adjacent to an activating group) is 1. The summed E-state index contributed by atoms with van der Waals surface area (Å²) in [5.74, 6) is 0.127. The van der Waals surface area contributed by atoms with Crippen LogP contribution in [0.25, 0.3) is 22.5 Å². The molecule has 0 aliphatic carbocycles. The molecule has 10 nitrogen and oxygen atoms in total. The van der Waals surface area contributed by atoms with Gasteiger partial charge in [0.25, 0.3) is 0 Å². The van der Waals surface area contributed by atoms with E-state index in [1.54, 1.807) is 43.0 Å². The maximum Gasteiger partial charge on any atom is 0.323 e. The van der Waals surface area contributed by atoms with Crippen LogP contribution in [0, 0.1) is 5.82 Å². The van der Waals surface area contributed by atoms with Crippen molar-refractivity contribution >= 4 is 17.4 Å². The lowest BCUT2D eigenvalue weighted by Crippen LogP contribution is -2.26. The van der Waals surface area contributed by atoms with E-state index >= 15 is 4.39 Å². The summed E-state index contributed by atoms with van der Waals surface area (Å²) in [5, 5.41) is 17.0. The van der Waals surface area contributed by atoms with Crippen molar-refractivity contribution in [1.29, 1.82) is 0 Å². The molecule has 0 saturated carbocycles. The molecule has 0 bridgehead atoms. The second kappa shape index (κ2) is 11.3. The zero-order valence-corrected chi connectivity index (χ0v) is 24.5. The molecular weight excluding hydrogens is 547 g/mol. The number of ether oxygens (including phenoxy) is 1. The molecule has 0 fully saturated rings. The number of pyridine rings is 1. The normalized spacial score (nSPS) is 13.4. The summed E-state index contributed by atoms with van der Waals surface area (Å²) in [7, 11) is 2.11. The van der Waals surface area contributed by atoms with Crippen LogP contribution in [-0.4, -0.2) is 49.5 Å². The van der Waals surface area contributed by atoms with Crippen molar-refractivity contribution in [1.82, 2.24) is 29.9 Å². The molecule has 0 atom stereocenters. The van der Waals surface area contributed by atoms with Gasteiger partial charge in [-0.05, 0) is 69.6 Å². The van der Waals surface area contributed by atoms with Crippen LogP contribution in [0.15, 0.2) is 73.3 Å². The van der Waals surface area contributed by atoms with Gasteiger partial charge < -0.3 is 20.3 Å². The number of halogens is 1. The summed E-state index contributed by atoms with van der Waals surface area (Å²) in [4.78, 5) is 19.7. The van der Waals surface area contributed by atoms with E-state index in [2.05, 4.69) is 49.9 Å². The molecule has 6 rings (SSSR count). The number of nitrogens with one attached hydrogen (secondary N) is 3. The van der Waals surface area contributed by atoms with Crippen molar-refractivity contribution in [2.45, 2.75) is 39.3 Å². The number of carbonyl (C=O) groups is 1. The van der Waals surface area contributed by atoms with Gasteiger partial charge in [-0.25, -0.2) is 9.18 Å². The van der Waals surface area contributed by atoms with Crippen LogP contribution in [0.1, 0.15) is 31.9 Å². The SMILES string of the molecule is CN1CCc2ccc(-c3nn(C(C)(C)C)cc3NC(=O)Nc3ccc(Oc4ccnc(-c5cn[nH]c5)c4)cc3F)cc2C1. The molecule has 0 radical (unpaired) electrons. The summed E-state index contributed by atoms with van der Waals surface area (Å²) < 4.78 is 22.8. The molecule has 3 aromatic heterocycles. The van der Waals surface area contributed by atoms with Crippen LogP contribution in [-0.2, 0) is 18.5 Å². The Kier molecular flexibility index (Phi) is 7.41. The number of benzene rings is 2. The first-order chi connectivity index (χ1) is 20.6. The van der Waals surface area contributed by atoms with Gasteiger partial charge in [0, 0.05) is 54.9 Å². The highest BCUT2D eigenvalue weighted by atomic mass is 19.1. The van der Waals surface area contributed by atoms with E-state index in [0.717, 1.165) is 30.6 Å². The zero-order valence-electron chi connectivity index (χ0n) is 24.5. The number of urea groups is 1. The Morgan fingerprint density at radius 1 is 1.00 bits per heavy atom. The molecule has 0 spiro atoms. The molecule has 43 heavy (non-hydrogen) atoms. The standard InChI is InChI=1S/C32H33FN8O2/c1-32(2,3)41-19-29(30(39-41)21-6-5-20-10-12-40(4)18-22(20)13-21)38-31(42)37-27-8-7-24(14-26(27)33)43-25-9-11-34-28(15-25)23-16-35-36-17-23/h5-9,11,13-17,19H,10,12,18H2,1-4H3,(H,35,36)(H2,37,38,42). The largest absolute Gasteiger partial charge is 0.457 e. The minimum atomic E-state index is -0.638. The summed E-state index contributed by atoms with van der Waals surface area (Å²) >= 11 is 0. The van der Waals surface area contributed by atoms with E-state index < -0.39 is 11.8 Å². The highest BCUT2D eigenvalue weighted by Crippen LogP contribution is 2.33. The van der Waals surface area contributed by atoms with Gasteiger partial charge in [0.05, 0.1) is 28.8 Å². The molecule has 220 valence electrons. The van der Waals surface area contributed by atoms with E-state index in [9.17, 15) is 4.79 Å². The monoisotopic (exact) mass is 580 g/mol. The number of aromatic amines is 1. The van der Waals surface area contributed by atoms with Crippen molar-refractivity contribution in [3.05, 3.63) is 90.3 Å². The van der Waals surface area contributed by atoms with Gasteiger partial charge >= 0.3 is 6.03 Å². The number of H-pyrrole nitrogens is 1. The highest BCUT2D eigenvalue weighted by molar-refractivity contribution is 6.02. The fourth-order valence-electron chi connectivity index (χ4n) is 4.96. The molecule has 3 N–H and O–H groups in total. The van der Waals surface area contributed by atoms with E-state index in [1.807, 2.05) is 31.5 Å². The number of aromatic nitrogens is 5. The molecule has 2 amide bonds. The number of nitrogens with zero attached hydrogens (tertiary/aromatic N) is 5. The Labute approximate surface area is 248 Å². The Balaban J connectivity index is 1.19. The Bertz CT molecular complexity index is 1770. The average molecular weight is 581 g/mol. The molecule has 5 aromatic rings. The summed E-state index contributed by atoms with van der Waals surface area (Å²) in [6.07, 6.45) is 7.79. The van der Waals surface area contributed by atoms with Gasteiger partial charge in [0.1, 0.15) is 23.0 Å². The second-order valence-corrected chi connectivity index (χ2v) is 11.7. The van der Waals surface area contributed by atoms with Crippen LogP contribution in [0.2, 0.25) is 0 Å². The molecule has 2 aromatic carbocycles. The minimum absolute atomic E-state index is 0.0141. The van der Waals surface area contributed by atoms with Crippen molar-refractivity contribution < 1.29 is 13.9 Å². The molecule has 0 saturated heterocycles. The van der Waals surface area contributed by atoms with Crippen molar-refractivity contribution in [3.63, 3.8) is 0 Å². The van der Waals surface area contributed by atoms with Gasteiger partial charge in [0.2, 0.25) is 0 Å². The lowest BCUT2D eigenvalue weighted by atomic mass is 9.96. The molecule has 0 unspecified atom stereocenters. The average Bonchev–Trinajstić information content (AvgIpc) is 3.65. The minimum Gasteiger partial charge on any atom is -0.457 e. The number of hydrogen-bond donors (Lipinski definition) is 3. The Morgan fingerprint density at radius 2 is 1.81 bits per heavy atom. The molecule has 1 aliphatic rings. The summed E-state index contributed by atoms with van der Waals surface area (Å²) in [6.45, 7) is 8.01. The molecule has 11 heteroatoms. The second-order valence-electron chi connectivity index (χ2n) is 11.7. The van der Waals surface area contributed by atoms with Crippen LogP contribution < -0.4 is 15.4 Å². The lowest BCUT2D eigenvalue weighted by molar-refractivity contribution is 0.262. The maximum atomic E-state index is 15.1. The number of rotatable bonds is 6. The van der Waals surface area contributed by atoms with E-state index in [-0.39, 0.29) is 17.0 Å². The number of anilines is 2. The fraction of sp³-hybridized carbons (Fsp3) is 0.250. The summed E-state index contributed by atoms with van der Waals surface area (Å²) in [6, 6.07) is 13.4. The number of amides is 2. The third-order valence-electron chi connectivity index (χ3n) is 7.28. The van der Waals surface area contributed by atoms with Gasteiger partial charge in [0.15, 0.2) is 0 Å². The van der Waals surface area contributed by atoms with E-state index in [0.29, 0.717) is 22.8 Å². The fourth-order valence-corrected chi connectivity index (χ4v) is 4.96. The first kappa shape index (κ1) is 28.1. The quantitative estimate of drug-likeness (QED) is 0.207. The van der Waals surface area contributed by atoms with Crippen molar-refractivity contribution in [3.8, 4) is 34.0 Å².